The van der Waals surface area contributed by atoms with Gasteiger partial charge in [0.25, 0.3) is 10.1 Å². The highest BCUT2D eigenvalue weighted by atomic mass is 35.5. The van der Waals surface area contributed by atoms with E-state index in [1.807, 2.05) is 42.5 Å². The largest absolute Gasteiger partial charge is 0.480 e. The van der Waals surface area contributed by atoms with Gasteiger partial charge in [0.05, 0.1) is 67.2 Å². The number of ether oxygens (including phenoxy) is 4. The van der Waals surface area contributed by atoms with Crippen LogP contribution >= 0.6 is 24.0 Å². The molecule has 0 aliphatic carbocycles. The number of benzene rings is 4. The fourth-order valence-corrected chi connectivity index (χ4v) is 8.34. The van der Waals surface area contributed by atoms with Crippen LogP contribution in [0.1, 0.15) is 56.2 Å². The van der Waals surface area contributed by atoms with Gasteiger partial charge in [-0.25, -0.2) is 9.59 Å². The zero-order chi connectivity index (χ0) is 50.5. The molecule has 0 spiro atoms. The number of nitrogens with two attached hydrogens (primary N) is 1. The maximum absolute atomic E-state index is 13.3. The van der Waals surface area contributed by atoms with E-state index in [2.05, 4.69) is 10.6 Å². The van der Waals surface area contributed by atoms with Crippen LogP contribution in [-0.4, -0.2) is 107 Å². The Kier molecular flexibility index (Phi) is 24.2. The summed E-state index contributed by atoms with van der Waals surface area (Å²) in [6.45, 7) is 5.98. The molecule has 0 fully saturated rings. The molecular formula is C50H60Cl2N4O13S. The number of amides is 1. The fourth-order valence-electron chi connectivity index (χ4n) is 7.59. The van der Waals surface area contributed by atoms with Crippen molar-refractivity contribution in [1.82, 2.24) is 10.6 Å². The van der Waals surface area contributed by atoms with Crippen molar-refractivity contribution in [1.29, 1.82) is 0 Å². The minimum absolute atomic E-state index is 0. The standard InChI is InChI=1S/C24H28N2O5.C20H25ClN2O5.C6H6O3S.ClH/c1-2-31-24(30)20(14-12-17-8-4-3-5-9-17)25-19-15-13-18-10-6-7-11-21(18)26(23(19)29)16-22(27)28;1-4-28-20(25)18-15(11-27-10-9-22)23-12(2)16(19(24)26-3)17(18)13-7-5-6-8-14(13)21;7-10(8,9)6-4-2-1-3-5-6;/h3-11,19-20,25H,2,12-16H2,1H3,(H,27,28);5-8,17,23H,4,9-11,22H2,1-3H3;1-5H,(H,7,8,9);1H/t19-,20-;;;/m0.../s1. The van der Waals surface area contributed by atoms with Crippen molar-refractivity contribution in [3.05, 3.63) is 153 Å². The highest BCUT2D eigenvalue weighted by Gasteiger charge is 2.40. The summed E-state index contributed by atoms with van der Waals surface area (Å²) in [6.07, 6.45) is 2.19. The SMILES string of the molecule is CCOC(=O)C1=C(COCCN)NC(C)=C(C(=O)OC)C1c1ccccc1Cl.CCOC(=O)[C@H](CCc1ccccc1)N[C@H]1CCc2ccccc2N(CC(=O)O)C1=O.Cl.O=S(=O)(O)c1ccccc1. The number of hydrogen-bond donors (Lipinski definition) is 5. The molecule has 6 rings (SSSR count). The number of hydrogen-bond acceptors (Lipinski definition) is 14. The van der Waals surface area contributed by atoms with E-state index < -0.39 is 58.5 Å². The van der Waals surface area contributed by atoms with E-state index in [0.29, 0.717) is 72.1 Å². The van der Waals surface area contributed by atoms with Crippen molar-refractivity contribution in [2.75, 3.05) is 51.5 Å². The van der Waals surface area contributed by atoms with E-state index in [1.165, 1.54) is 24.1 Å². The lowest BCUT2D eigenvalue weighted by Crippen LogP contribution is -2.53. The number of esters is 3. The van der Waals surface area contributed by atoms with Crippen molar-refractivity contribution >= 4 is 69.6 Å². The van der Waals surface area contributed by atoms with Crippen LogP contribution in [0.3, 0.4) is 0 Å². The van der Waals surface area contributed by atoms with E-state index >= 15 is 0 Å². The molecule has 0 bridgehead atoms. The van der Waals surface area contributed by atoms with E-state index in [1.54, 1.807) is 75.4 Å². The molecule has 70 heavy (non-hydrogen) atoms. The summed E-state index contributed by atoms with van der Waals surface area (Å²) in [5.41, 5.74) is 10.3. The number of carboxylic acid groups (broad SMARTS) is 1. The molecule has 4 aromatic carbocycles. The van der Waals surface area contributed by atoms with Gasteiger partial charge in [-0.15, -0.1) is 12.4 Å². The number of rotatable bonds is 18. The first-order chi connectivity index (χ1) is 33.1. The smallest absolute Gasteiger partial charge is 0.336 e. The Morgan fingerprint density at radius 2 is 1.50 bits per heavy atom. The van der Waals surface area contributed by atoms with Gasteiger partial charge in [-0.1, -0.05) is 96.5 Å². The molecule has 2 aliphatic rings. The molecular weight excluding hydrogens is 968 g/mol. The average molecular weight is 1030 g/mol. The third kappa shape index (κ3) is 16.8. The number of aryl methyl sites for hydroxylation is 2. The van der Waals surface area contributed by atoms with Crippen molar-refractivity contribution < 1.29 is 61.0 Å². The Hall–Kier alpha value is -6.12. The molecule has 4 aromatic rings. The zero-order valence-electron chi connectivity index (χ0n) is 39.3. The molecule has 2 heterocycles. The van der Waals surface area contributed by atoms with Gasteiger partial charge >= 0.3 is 23.9 Å². The first-order valence-electron chi connectivity index (χ1n) is 22.1. The van der Waals surface area contributed by atoms with Crippen molar-refractivity contribution in [3.63, 3.8) is 0 Å². The Bertz CT molecular complexity index is 2560. The topological polar surface area (TPSA) is 250 Å². The Morgan fingerprint density at radius 3 is 2.09 bits per heavy atom. The predicted octanol–water partition coefficient (Wildman–Crippen LogP) is 6.19. The van der Waals surface area contributed by atoms with Gasteiger partial charge in [0.2, 0.25) is 5.91 Å². The van der Waals surface area contributed by atoms with Gasteiger partial charge in [0, 0.05) is 23.0 Å². The van der Waals surface area contributed by atoms with Crippen LogP contribution in [-0.2, 0) is 65.9 Å². The molecule has 17 nitrogen and oxygen atoms in total. The summed E-state index contributed by atoms with van der Waals surface area (Å²) in [6, 6.07) is 30.2. The van der Waals surface area contributed by atoms with Gasteiger partial charge < -0.3 is 35.1 Å². The molecule has 3 atom stereocenters. The van der Waals surface area contributed by atoms with E-state index in [4.69, 9.17) is 40.8 Å². The molecule has 20 heteroatoms. The summed E-state index contributed by atoms with van der Waals surface area (Å²) in [4.78, 5) is 64.0. The van der Waals surface area contributed by atoms with Crippen LogP contribution in [0.25, 0.3) is 0 Å². The number of anilines is 1. The van der Waals surface area contributed by atoms with Crippen LogP contribution in [0.5, 0.6) is 0 Å². The number of nitrogens with one attached hydrogen (secondary N) is 2. The van der Waals surface area contributed by atoms with Gasteiger partial charge in [-0.3, -0.25) is 29.2 Å². The number of carbonyl (C=O) groups is 5. The quantitative estimate of drug-likeness (QED) is 0.0322. The van der Waals surface area contributed by atoms with Gasteiger partial charge in [-0.05, 0) is 87.4 Å². The first-order valence-corrected chi connectivity index (χ1v) is 24.0. The van der Waals surface area contributed by atoms with Crippen LogP contribution in [0.15, 0.2) is 137 Å². The number of nitrogens with zero attached hydrogens (tertiary/aromatic N) is 1. The Morgan fingerprint density at radius 1 is 0.886 bits per heavy atom. The van der Waals surface area contributed by atoms with Crippen molar-refractivity contribution in [2.24, 2.45) is 5.73 Å². The Balaban J connectivity index is 0.000000307. The summed E-state index contributed by atoms with van der Waals surface area (Å²) in [5, 5.41) is 16.1. The number of dihydropyridines is 1. The number of carbonyl (C=O) groups excluding carboxylic acids is 4. The third-order valence-corrected chi connectivity index (χ3v) is 11.9. The molecule has 0 saturated carbocycles. The lowest BCUT2D eigenvalue weighted by atomic mass is 9.80. The van der Waals surface area contributed by atoms with E-state index in [0.717, 1.165) is 11.1 Å². The number of allylic oxidation sites excluding steroid dienone is 1. The maximum atomic E-state index is 13.3. The zero-order valence-corrected chi connectivity index (χ0v) is 41.7. The number of halogens is 2. The molecule has 1 unspecified atom stereocenters. The highest BCUT2D eigenvalue weighted by molar-refractivity contribution is 7.85. The monoisotopic (exact) mass is 1030 g/mol. The molecule has 0 saturated heterocycles. The van der Waals surface area contributed by atoms with Gasteiger partial charge in [0.1, 0.15) is 12.6 Å². The summed E-state index contributed by atoms with van der Waals surface area (Å²) < 4.78 is 50.3. The molecule has 0 radical (unpaired) electrons. The molecule has 6 N–H and O–H groups in total. The minimum Gasteiger partial charge on any atom is -0.480 e. The first kappa shape index (κ1) is 58.2. The summed E-state index contributed by atoms with van der Waals surface area (Å²) in [7, 11) is -2.71. The van der Waals surface area contributed by atoms with Crippen LogP contribution in [0.4, 0.5) is 5.69 Å². The normalized spacial score (nSPS) is 15.8. The molecule has 0 aromatic heterocycles. The molecule has 378 valence electrons. The number of fused-ring (bicyclic) bond motifs is 1. The van der Waals surface area contributed by atoms with Crippen molar-refractivity contribution in [3.8, 4) is 0 Å². The third-order valence-electron chi connectivity index (χ3n) is 10.7. The van der Waals surface area contributed by atoms with Gasteiger partial charge in [0.15, 0.2) is 0 Å². The molecule has 2 aliphatic heterocycles. The minimum atomic E-state index is -4.00. The van der Waals surface area contributed by atoms with Crippen LogP contribution < -0.4 is 21.3 Å². The lowest BCUT2D eigenvalue weighted by molar-refractivity contribution is -0.146. The average Bonchev–Trinajstić information content (AvgIpc) is 3.45. The summed E-state index contributed by atoms with van der Waals surface area (Å²) in [5.74, 6) is -3.70. The second-order valence-electron chi connectivity index (χ2n) is 15.4. The fraction of sp³-hybridized carbons (Fsp3) is 0.340. The second kappa shape index (κ2) is 29.2. The number of para-hydroxylation sites is 1. The second-order valence-corrected chi connectivity index (χ2v) is 17.2. The van der Waals surface area contributed by atoms with E-state index in [9.17, 15) is 37.5 Å². The number of aliphatic carboxylic acids is 1. The maximum Gasteiger partial charge on any atom is 0.336 e. The lowest BCUT2D eigenvalue weighted by Gasteiger charge is -2.31. The van der Waals surface area contributed by atoms with Crippen molar-refractivity contribution in [2.45, 2.75) is 69.4 Å². The summed E-state index contributed by atoms with van der Waals surface area (Å²) >= 11 is 6.42. The van der Waals surface area contributed by atoms with Crippen LogP contribution in [0, 0.1) is 0 Å². The molecule has 1 amide bonds. The van der Waals surface area contributed by atoms with Gasteiger partial charge in [-0.2, -0.15) is 8.42 Å². The number of carboxylic acids is 1. The predicted molar refractivity (Wildman–Crippen MR) is 266 cm³/mol. The number of methoxy groups -OCH3 is 1. The van der Waals surface area contributed by atoms with Crippen LogP contribution in [0.2, 0.25) is 5.02 Å². The highest BCUT2D eigenvalue weighted by Crippen LogP contribution is 2.42. The van der Waals surface area contributed by atoms with E-state index in [-0.39, 0.29) is 48.6 Å². The Labute approximate surface area is 419 Å².